The van der Waals surface area contributed by atoms with E-state index >= 15 is 0 Å². The molecule has 0 bridgehead atoms. The number of carboxylic acid groups (broad SMARTS) is 1. The summed E-state index contributed by atoms with van der Waals surface area (Å²) in [7, 11) is 0. The lowest BCUT2D eigenvalue weighted by Gasteiger charge is -2.37. The Hall–Kier alpha value is -1.92. The van der Waals surface area contributed by atoms with Gasteiger partial charge in [0.2, 0.25) is 5.89 Å². The number of carboxylic acids is 1. The van der Waals surface area contributed by atoms with Crippen molar-refractivity contribution >= 4 is 11.9 Å². The Morgan fingerprint density at radius 3 is 2.65 bits per heavy atom. The molecule has 92 valence electrons. The Bertz CT molecular complexity index is 450. The third-order valence-corrected chi connectivity index (χ3v) is 3.08. The van der Waals surface area contributed by atoms with E-state index in [0.29, 0.717) is 18.7 Å². The lowest BCUT2D eigenvalue weighted by atomic mass is 9.69. The average Bonchev–Trinajstić information content (AvgIpc) is 2.62. The van der Waals surface area contributed by atoms with Gasteiger partial charge in [-0.25, -0.2) is 0 Å². The predicted molar refractivity (Wildman–Crippen MR) is 55.3 cm³/mol. The van der Waals surface area contributed by atoms with Crippen LogP contribution in [0.15, 0.2) is 4.52 Å². The standard InChI is InChI=1S/C10H13N3O4/c1-6-12-7(13-17-6)8(14)11-5-10(9(15)16)3-2-4-10/h2-5H2,1H3,(H,11,14)(H,15,16). The number of nitrogens with one attached hydrogen (secondary N) is 1. The summed E-state index contributed by atoms with van der Waals surface area (Å²) in [6, 6.07) is 0. The summed E-state index contributed by atoms with van der Waals surface area (Å²) < 4.78 is 4.67. The van der Waals surface area contributed by atoms with Crippen molar-refractivity contribution in [2.75, 3.05) is 6.54 Å². The Labute approximate surface area is 97.2 Å². The molecule has 1 heterocycles. The van der Waals surface area contributed by atoms with Gasteiger partial charge in [-0.05, 0) is 12.8 Å². The third kappa shape index (κ3) is 2.13. The molecule has 2 rings (SSSR count). The van der Waals surface area contributed by atoms with E-state index in [9.17, 15) is 9.59 Å². The fourth-order valence-corrected chi connectivity index (χ4v) is 1.79. The second kappa shape index (κ2) is 4.15. The number of hydrogen-bond donors (Lipinski definition) is 2. The van der Waals surface area contributed by atoms with Crippen molar-refractivity contribution in [2.45, 2.75) is 26.2 Å². The molecule has 1 aromatic heterocycles. The van der Waals surface area contributed by atoms with Crippen molar-refractivity contribution in [3.05, 3.63) is 11.7 Å². The Morgan fingerprint density at radius 2 is 2.24 bits per heavy atom. The topological polar surface area (TPSA) is 105 Å². The highest BCUT2D eigenvalue weighted by molar-refractivity contribution is 5.90. The summed E-state index contributed by atoms with van der Waals surface area (Å²) in [4.78, 5) is 26.4. The molecule has 1 aliphatic rings. The maximum Gasteiger partial charge on any atom is 0.311 e. The number of carbonyl (C=O) groups is 2. The third-order valence-electron chi connectivity index (χ3n) is 3.08. The van der Waals surface area contributed by atoms with Crippen molar-refractivity contribution in [1.29, 1.82) is 0 Å². The zero-order valence-electron chi connectivity index (χ0n) is 9.39. The van der Waals surface area contributed by atoms with Crippen molar-refractivity contribution in [2.24, 2.45) is 5.41 Å². The van der Waals surface area contributed by atoms with E-state index in [-0.39, 0.29) is 12.4 Å². The van der Waals surface area contributed by atoms with Gasteiger partial charge in [0.1, 0.15) is 0 Å². The molecule has 17 heavy (non-hydrogen) atoms. The first-order valence-electron chi connectivity index (χ1n) is 5.35. The second-order valence-corrected chi connectivity index (χ2v) is 4.26. The van der Waals surface area contributed by atoms with Crippen LogP contribution in [0.1, 0.15) is 35.8 Å². The molecule has 2 N–H and O–H groups in total. The molecule has 0 unspecified atom stereocenters. The maximum atomic E-state index is 11.6. The van der Waals surface area contributed by atoms with Gasteiger partial charge in [-0.3, -0.25) is 9.59 Å². The zero-order valence-corrected chi connectivity index (χ0v) is 9.39. The number of aliphatic carboxylic acids is 1. The highest BCUT2D eigenvalue weighted by Crippen LogP contribution is 2.40. The van der Waals surface area contributed by atoms with Gasteiger partial charge in [-0.2, -0.15) is 4.98 Å². The summed E-state index contributed by atoms with van der Waals surface area (Å²) >= 11 is 0. The lowest BCUT2D eigenvalue weighted by Crippen LogP contribution is -2.47. The Balaban J connectivity index is 1.94. The minimum atomic E-state index is -0.867. The van der Waals surface area contributed by atoms with E-state index in [4.69, 9.17) is 5.11 Å². The van der Waals surface area contributed by atoms with Crippen LogP contribution in [0.4, 0.5) is 0 Å². The summed E-state index contributed by atoms with van der Waals surface area (Å²) in [6.07, 6.45) is 2.06. The molecule has 1 aromatic rings. The van der Waals surface area contributed by atoms with Crippen LogP contribution in [0.3, 0.4) is 0 Å². The van der Waals surface area contributed by atoms with Gasteiger partial charge in [0.25, 0.3) is 11.7 Å². The molecule has 1 amide bonds. The molecular formula is C10H13N3O4. The van der Waals surface area contributed by atoms with E-state index in [1.807, 2.05) is 0 Å². The fraction of sp³-hybridized carbons (Fsp3) is 0.600. The monoisotopic (exact) mass is 239 g/mol. The molecule has 0 radical (unpaired) electrons. The zero-order chi connectivity index (χ0) is 12.5. The van der Waals surface area contributed by atoms with Gasteiger partial charge in [0.05, 0.1) is 5.41 Å². The Morgan fingerprint density at radius 1 is 1.53 bits per heavy atom. The highest BCUT2D eigenvalue weighted by atomic mass is 16.5. The fourth-order valence-electron chi connectivity index (χ4n) is 1.79. The summed E-state index contributed by atoms with van der Waals surface area (Å²) in [5.74, 6) is -1.14. The van der Waals surface area contributed by atoms with Crippen LogP contribution in [-0.2, 0) is 4.79 Å². The van der Waals surface area contributed by atoms with Crippen molar-refractivity contribution in [1.82, 2.24) is 15.5 Å². The van der Waals surface area contributed by atoms with Crippen molar-refractivity contribution < 1.29 is 19.2 Å². The normalized spacial score (nSPS) is 17.2. The lowest BCUT2D eigenvalue weighted by molar-refractivity contribution is -0.153. The van der Waals surface area contributed by atoms with Gasteiger partial charge in [-0.15, -0.1) is 0 Å². The van der Waals surface area contributed by atoms with E-state index in [1.54, 1.807) is 6.92 Å². The average molecular weight is 239 g/mol. The van der Waals surface area contributed by atoms with Crippen LogP contribution in [0.2, 0.25) is 0 Å². The van der Waals surface area contributed by atoms with Crippen LogP contribution >= 0.6 is 0 Å². The van der Waals surface area contributed by atoms with Gasteiger partial charge < -0.3 is 14.9 Å². The van der Waals surface area contributed by atoms with E-state index in [2.05, 4.69) is 20.0 Å². The molecule has 0 aliphatic heterocycles. The number of hydrogen-bond acceptors (Lipinski definition) is 5. The first kappa shape index (κ1) is 11.6. The number of rotatable bonds is 4. The smallest absolute Gasteiger partial charge is 0.311 e. The molecule has 7 heteroatoms. The number of carbonyl (C=O) groups excluding carboxylic acids is 1. The van der Waals surface area contributed by atoms with Crippen LogP contribution in [0.25, 0.3) is 0 Å². The van der Waals surface area contributed by atoms with Gasteiger partial charge >= 0.3 is 5.97 Å². The molecule has 0 saturated heterocycles. The minimum absolute atomic E-state index is 0.0673. The van der Waals surface area contributed by atoms with Crippen LogP contribution in [-0.4, -0.2) is 33.7 Å². The number of aromatic nitrogens is 2. The number of nitrogens with zero attached hydrogens (tertiary/aromatic N) is 2. The van der Waals surface area contributed by atoms with E-state index < -0.39 is 17.3 Å². The van der Waals surface area contributed by atoms with E-state index in [0.717, 1.165) is 6.42 Å². The first-order chi connectivity index (χ1) is 8.03. The first-order valence-corrected chi connectivity index (χ1v) is 5.35. The van der Waals surface area contributed by atoms with Gasteiger partial charge in [0, 0.05) is 13.5 Å². The van der Waals surface area contributed by atoms with Crippen LogP contribution < -0.4 is 5.32 Å². The van der Waals surface area contributed by atoms with Crippen molar-refractivity contribution in [3.63, 3.8) is 0 Å². The molecule has 1 fully saturated rings. The quantitative estimate of drug-likeness (QED) is 0.786. The SMILES string of the molecule is Cc1nc(C(=O)NCC2(C(=O)O)CCC2)no1. The number of aryl methyl sites for hydroxylation is 1. The van der Waals surface area contributed by atoms with Gasteiger partial charge in [0.15, 0.2) is 0 Å². The van der Waals surface area contributed by atoms with Crippen molar-refractivity contribution in [3.8, 4) is 0 Å². The minimum Gasteiger partial charge on any atom is -0.481 e. The summed E-state index contributed by atoms with van der Waals surface area (Å²) in [5.41, 5.74) is -0.811. The second-order valence-electron chi connectivity index (χ2n) is 4.26. The summed E-state index contributed by atoms with van der Waals surface area (Å²) in [5, 5.41) is 15.1. The molecule has 7 nitrogen and oxygen atoms in total. The highest BCUT2D eigenvalue weighted by Gasteiger charge is 2.44. The van der Waals surface area contributed by atoms with E-state index in [1.165, 1.54) is 0 Å². The predicted octanol–water partition coefficient (Wildman–Crippen LogP) is 0.363. The largest absolute Gasteiger partial charge is 0.481 e. The summed E-state index contributed by atoms with van der Waals surface area (Å²) in [6.45, 7) is 1.68. The van der Waals surface area contributed by atoms with Crippen LogP contribution in [0, 0.1) is 12.3 Å². The maximum absolute atomic E-state index is 11.6. The molecule has 0 atom stereocenters. The van der Waals surface area contributed by atoms with Crippen LogP contribution in [0.5, 0.6) is 0 Å². The van der Waals surface area contributed by atoms with Gasteiger partial charge in [-0.1, -0.05) is 11.6 Å². The molecular weight excluding hydrogens is 226 g/mol. The molecule has 1 saturated carbocycles. The molecule has 0 aromatic carbocycles. The Kier molecular flexibility index (Phi) is 2.83. The number of amides is 1. The molecule has 1 aliphatic carbocycles. The molecule has 0 spiro atoms.